The fraction of sp³-hybridized carbons (Fsp3) is 0.133. The number of thioether (sulfide) groups is 1. The molecule has 20 heavy (non-hydrogen) atoms. The second-order valence-corrected chi connectivity index (χ2v) is 5.04. The van der Waals surface area contributed by atoms with Gasteiger partial charge in [-0.2, -0.15) is 0 Å². The van der Waals surface area contributed by atoms with Gasteiger partial charge >= 0.3 is 0 Å². The highest BCUT2D eigenvalue weighted by molar-refractivity contribution is 8.00. The zero-order chi connectivity index (χ0) is 14.4. The molecule has 0 heterocycles. The number of para-hydroxylation sites is 2. The minimum absolute atomic E-state index is 0.135. The zero-order valence-electron chi connectivity index (χ0n) is 10.9. The maximum absolute atomic E-state index is 12.8. The van der Waals surface area contributed by atoms with Gasteiger partial charge in [0.25, 0.3) is 0 Å². The number of rotatable bonds is 5. The number of methoxy groups -OCH3 is 1. The lowest BCUT2D eigenvalue weighted by Gasteiger charge is -2.09. The highest BCUT2D eigenvalue weighted by Crippen LogP contribution is 2.24. The SMILES string of the molecule is COc1ccccc1NC(=O)CSc1ccc(F)cc1. The third kappa shape index (κ3) is 3.99. The van der Waals surface area contributed by atoms with E-state index in [0.717, 1.165) is 4.90 Å². The number of ether oxygens (including phenoxy) is 1. The number of benzene rings is 2. The molecule has 2 rings (SSSR count). The predicted molar refractivity (Wildman–Crippen MR) is 78.7 cm³/mol. The summed E-state index contributed by atoms with van der Waals surface area (Å²) in [6, 6.07) is 13.3. The van der Waals surface area contributed by atoms with Crippen LogP contribution in [0.1, 0.15) is 0 Å². The molecule has 2 aromatic carbocycles. The largest absolute Gasteiger partial charge is 0.495 e. The minimum atomic E-state index is -0.284. The van der Waals surface area contributed by atoms with Gasteiger partial charge in [-0.15, -0.1) is 11.8 Å². The lowest BCUT2D eigenvalue weighted by Crippen LogP contribution is -2.14. The molecule has 0 aliphatic carbocycles. The molecule has 5 heteroatoms. The van der Waals surface area contributed by atoms with Crippen molar-refractivity contribution in [2.24, 2.45) is 0 Å². The summed E-state index contributed by atoms with van der Waals surface area (Å²) in [5, 5.41) is 2.78. The van der Waals surface area contributed by atoms with Crippen molar-refractivity contribution < 1.29 is 13.9 Å². The number of carbonyl (C=O) groups is 1. The Labute approximate surface area is 121 Å². The summed E-state index contributed by atoms with van der Waals surface area (Å²) in [5.41, 5.74) is 0.639. The van der Waals surface area contributed by atoms with E-state index in [1.807, 2.05) is 12.1 Å². The van der Waals surface area contributed by atoms with E-state index in [1.54, 1.807) is 31.4 Å². The molecular weight excluding hydrogens is 277 g/mol. The number of halogens is 1. The van der Waals surface area contributed by atoms with Gasteiger partial charge in [-0.05, 0) is 36.4 Å². The summed E-state index contributed by atoms with van der Waals surface area (Å²) in [6.45, 7) is 0. The van der Waals surface area contributed by atoms with Gasteiger partial charge in [-0.25, -0.2) is 4.39 Å². The zero-order valence-corrected chi connectivity index (χ0v) is 11.7. The van der Waals surface area contributed by atoms with Crippen molar-refractivity contribution in [3.8, 4) is 5.75 Å². The van der Waals surface area contributed by atoms with E-state index in [4.69, 9.17) is 4.74 Å². The molecule has 0 spiro atoms. The molecule has 104 valence electrons. The van der Waals surface area contributed by atoms with Gasteiger partial charge in [0.2, 0.25) is 5.91 Å². The standard InChI is InChI=1S/C15H14FNO2S/c1-19-14-5-3-2-4-13(14)17-15(18)10-20-12-8-6-11(16)7-9-12/h2-9H,10H2,1H3,(H,17,18). The van der Waals surface area contributed by atoms with Crippen molar-refractivity contribution >= 4 is 23.4 Å². The van der Waals surface area contributed by atoms with Crippen LogP contribution in [-0.2, 0) is 4.79 Å². The van der Waals surface area contributed by atoms with Crippen molar-refractivity contribution in [1.82, 2.24) is 0 Å². The Kier molecular flexibility index (Phi) is 5.01. The van der Waals surface area contributed by atoms with Crippen molar-refractivity contribution in [2.75, 3.05) is 18.2 Å². The molecule has 0 aliphatic heterocycles. The van der Waals surface area contributed by atoms with Gasteiger partial charge in [0, 0.05) is 4.90 Å². The van der Waals surface area contributed by atoms with Crippen molar-refractivity contribution in [3.63, 3.8) is 0 Å². The van der Waals surface area contributed by atoms with Crippen LogP contribution in [0.15, 0.2) is 53.4 Å². The molecular formula is C15H14FNO2S. The van der Waals surface area contributed by atoms with Gasteiger partial charge in [0.05, 0.1) is 18.6 Å². The number of nitrogens with one attached hydrogen (secondary N) is 1. The highest BCUT2D eigenvalue weighted by atomic mass is 32.2. The Morgan fingerprint density at radius 3 is 2.60 bits per heavy atom. The first-order valence-corrected chi connectivity index (χ1v) is 6.99. The number of carbonyl (C=O) groups excluding carboxylic acids is 1. The van der Waals surface area contributed by atoms with Crippen LogP contribution in [0.5, 0.6) is 5.75 Å². The average Bonchev–Trinajstić information content (AvgIpc) is 2.47. The van der Waals surface area contributed by atoms with E-state index in [1.165, 1.54) is 23.9 Å². The Hall–Kier alpha value is -2.01. The van der Waals surface area contributed by atoms with Crippen molar-refractivity contribution in [1.29, 1.82) is 0 Å². The Morgan fingerprint density at radius 2 is 1.90 bits per heavy atom. The first-order valence-electron chi connectivity index (χ1n) is 6.00. The summed E-state index contributed by atoms with van der Waals surface area (Å²) in [5.74, 6) is 0.452. The lowest BCUT2D eigenvalue weighted by atomic mass is 10.3. The van der Waals surface area contributed by atoms with Crippen LogP contribution in [0.3, 0.4) is 0 Å². The molecule has 0 radical (unpaired) electrons. The quantitative estimate of drug-likeness (QED) is 0.856. The molecule has 0 atom stereocenters. The van der Waals surface area contributed by atoms with Gasteiger partial charge in [0.15, 0.2) is 0 Å². The van der Waals surface area contributed by atoms with Crippen LogP contribution >= 0.6 is 11.8 Å². The van der Waals surface area contributed by atoms with Gasteiger partial charge in [-0.3, -0.25) is 4.79 Å². The second-order valence-electron chi connectivity index (χ2n) is 3.99. The van der Waals surface area contributed by atoms with Crippen LogP contribution in [-0.4, -0.2) is 18.8 Å². The van der Waals surface area contributed by atoms with Crippen molar-refractivity contribution in [2.45, 2.75) is 4.90 Å². The first-order chi connectivity index (χ1) is 9.69. The van der Waals surface area contributed by atoms with E-state index in [2.05, 4.69) is 5.32 Å². The van der Waals surface area contributed by atoms with E-state index in [9.17, 15) is 9.18 Å². The fourth-order valence-corrected chi connectivity index (χ4v) is 2.31. The maximum Gasteiger partial charge on any atom is 0.234 e. The first kappa shape index (κ1) is 14.4. The Morgan fingerprint density at radius 1 is 1.20 bits per heavy atom. The number of amides is 1. The third-order valence-corrected chi connectivity index (χ3v) is 3.58. The molecule has 0 saturated carbocycles. The van der Waals surface area contributed by atoms with E-state index < -0.39 is 0 Å². The van der Waals surface area contributed by atoms with E-state index in [-0.39, 0.29) is 17.5 Å². The maximum atomic E-state index is 12.8. The number of hydrogen-bond donors (Lipinski definition) is 1. The van der Waals surface area contributed by atoms with Crippen LogP contribution in [0.2, 0.25) is 0 Å². The predicted octanol–water partition coefficient (Wildman–Crippen LogP) is 3.57. The van der Waals surface area contributed by atoms with Crippen LogP contribution in [0, 0.1) is 5.82 Å². The summed E-state index contributed by atoms with van der Waals surface area (Å²) >= 11 is 1.35. The minimum Gasteiger partial charge on any atom is -0.495 e. The normalized spacial score (nSPS) is 10.1. The van der Waals surface area contributed by atoms with Gasteiger partial charge < -0.3 is 10.1 Å². The molecule has 0 aromatic heterocycles. The van der Waals surface area contributed by atoms with E-state index in [0.29, 0.717) is 11.4 Å². The van der Waals surface area contributed by atoms with Gasteiger partial charge in [0.1, 0.15) is 11.6 Å². The smallest absolute Gasteiger partial charge is 0.234 e. The third-order valence-electron chi connectivity index (χ3n) is 2.56. The van der Waals surface area contributed by atoms with Crippen LogP contribution < -0.4 is 10.1 Å². The molecule has 0 unspecified atom stereocenters. The highest BCUT2D eigenvalue weighted by Gasteiger charge is 2.07. The number of anilines is 1. The van der Waals surface area contributed by atoms with Gasteiger partial charge in [-0.1, -0.05) is 12.1 Å². The monoisotopic (exact) mass is 291 g/mol. The summed E-state index contributed by atoms with van der Waals surface area (Å²) in [4.78, 5) is 12.7. The number of hydrogen-bond acceptors (Lipinski definition) is 3. The van der Waals surface area contributed by atoms with E-state index >= 15 is 0 Å². The molecule has 0 aliphatic rings. The molecule has 3 nitrogen and oxygen atoms in total. The molecule has 1 amide bonds. The molecule has 0 saturated heterocycles. The molecule has 0 fully saturated rings. The molecule has 2 aromatic rings. The summed E-state index contributed by atoms with van der Waals surface area (Å²) < 4.78 is 17.9. The molecule has 0 bridgehead atoms. The Balaban J connectivity index is 1.91. The van der Waals surface area contributed by atoms with Crippen LogP contribution in [0.25, 0.3) is 0 Å². The fourth-order valence-electron chi connectivity index (χ4n) is 1.61. The summed E-state index contributed by atoms with van der Waals surface area (Å²) in [6.07, 6.45) is 0. The average molecular weight is 291 g/mol. The molecule has 1 N–H and O–H groups in total. The van der Waals surface area contributed by atoms with Crippen molar-refractivity contribution in [3.05, 3.63) is 54.3 Å². The lowest BCUT2D eigenvalue weighted by molar-refractivity contribution is -0.113. The second kappa shape index (κ2) is 6.96. The van der Waals surface area contributed by atoms with Crippen LogP contribution in [0.4, 0.5) is 10.1 Å². The Bertz CT molecular complexity index is 587. The summed E-state index contributed by atoms with van der Waals surface area (Å²) in [7, 11) is 1.55. The topological polar surface area (TPSA) is 38.3 Å².